The van der Waals surface area contributed by atoms with Gasteiger partial charge < -0.3 is 10.6 Å². The number of thiophene rings is 1. The number of fused-ring (bicyclic) bond motifs is 4. The molecule has 7 nitrogen and oxygen atoms in total. The number of nitrogens with zero attached hydrogens (tertiary/aromatic N) is 5. The van der Waals surface area contributed by atoms with Gasteiger partial charge in [-0.1, -0.05) is 6.07 Å². The van der Waals surface area contributed by atoms with E-state index < -0.39 is 0 Å². The molecule has 8 heteroatoms. The summed E-state index contributed by atoms with van der Waals surface area (Å²) in [5.41, 5.74) is 5.64. The van der Waals surface area contributed by atoms with Crippen molar-refractivity contribution >= 4 is 43.8 Å². The van der Waals surface area contributed by atoms with E-state index in [1.807, 2.05) is 35.1 Å². The predicted octanol–water partition coefficient (Wildman–Crippen LogP) is 4.35. The third kappa shape index (κ3) is 3.19. The van der Waals surface area contributed by atoms with E-state index in [1.165, 1.54) is 10.4 Å². The van der Waals surface area contributed by atoms with Gasteiger partial charge in [0, 0.05) is 40.3 Å². The molecule has 0 saturated heterocycles. The second-order valence-corrected chi connectivity index (χ2v) is 8.87. The van der Waals surface area contributed by atoms with Crippen molar-refractivity contribution in [2.24, 2.45) is 0 Å². The van der Waals surface area contributed by atoms with E-state index in [4.69, 9.17) is 0 Å². The van der Waals surface area contributed by atoms with Gasteiger partial charge in [0.15, 0.2) is 0 Å². The first-order valence-corrected chi connectivity index (χ1v) is 11.3. The van der Waals surface area contributed by atoms with E-state index in [9.17, 15) is 5.26 Å². The highest BCUT2D eigenvalue weighted by Crippen LogP contribution is 2.39. The van der Waals surface area contributed by atoms with Gasteiger partial charge in [-0.05, 0) is 48.9 Å². The summed E-state index contributed by atoms with van der Waals surface area (Å²) in [6.45, 7) is 2.42. The maximum atomic E-state index is 9.75. The number of nitrogens with one attached hydrogen (secondary N) is 2. The molecule has 1 aliphatic rings. The Balaban J connectivity index is 1.39. The lowest BCUT2D eigenvalue weighted by Gasteiger charge is -2.15. The molecule has 0 bridgehead atoms. The monoisotopic (exact) mass is 437 g/mol. The zero-order valence-electron chi connectivity index (χ0n) is 17.2. The van der Waals surface area contributed by atoms with Crippen molar-refractivity contribution in [2.75, 3.05) is 11.9 Å². The van der Waals surface area contributed by atoms with Crippen molar-refractivity contribution in [2.45, 2.75) is 19.5 Å². The van der Waals surface area contributed by atoms with Crippen LogP contribution in [0.3, 0.4) is 0 Å². The van der Waals surface area contributed by atoms with Crippen LogP contribution in [0, 0.1) is 11.3 Å². The number of nitriles is 1. The lowest BCUT2D eigenvalue weighted by molar-refractivity contribution is 0.657. The van der Waals surface area contributed by atoms with Crippen LogP contribution < -0.4 is 10.6 Å². The number of benzene rings is 1. The Kier molecular flexibility index (Phi) is 4.56. The normalized spacial score (nSPS) is 13.2. The van der Waals surface area contributed by atoms with Crippen molar-refractivity contribution < 1.29 is 0 Å². The standard InChI is InChI=1S/C24H19N7S/c25-10-16-11-28-24-22(19-6-8-26-13-21(19)32-24)23(16)30-17-4-5-20-15(9-17)12-29-31(20)14-18-3-1-2-7-27-18/h1-5,7,9,11-12,26H,6,8,13-14H2,(H,28,30). The average Bonchev–Trinajstić information content (AvgIpc) is 3.41. The van der Waals surface area contributed by atoms with Gasteiger partial charge in [-0.3, -0.25) is 9.67 Å². The first kappa shape index (κ1) is 18.9. The summed E-state index contributed by atoms with van der Waals surface area (Å²) in [6, 6.07) is 14.4. The third-order valence-corrected chi connectivity index (χ3v) is 6.95. The molecule has 1 aromatic carbocycles. The van der Waals surface area contributed by atoms with Crippen molar-refractivity contribution in [3.8, 4) is 6.07 Å². The van der Waals surface area contributed by atoms with Gasteiger partial charge in [0.1, 0.15) is 10.9 Å². The molecule has 1 aliphatic heterocycles. The van der Waals surface area contributed by atoms with Gasteiger partial charge in [-0.15, -0.1) is 11.3 Å². The van der Waals surface area contributed by atoms with Crippen molar-refractivity contribution in [1.82, 2.24) is 25.1 Å². The zero-order chi connectivity index (χ0) is 21.5. The zero-order valence-corrected chi connectivity index (χ0v) is 18.0. The Morgan fingerprint density at radius 3 is 3.03 bits per heavy atom. The molecule has 0 amide bonds. The van der Waals surface area contributed by atoms with Crippen molar-refractivity contribution in [3.05, 3.63) is 76.7 Å². The van der Waals surface area contributed by atoms with Crippen LogP contribution in [0.5, 0.6) is 0 Å². The predicted molar refractivity (Wildman–Crippen MR) is 126 cm³/mol. The lowest BCUT2D eigenvalue weighted by atomic mass is 10.0. The maximum Gasteiger partial charge on any atom is 0.126 e. The highest BCUT2D eigenvalue weighted by atomic mass is 32.1. The number of pyridine rings is 2. The summed E-state index contributed by atoms with van der Waals surface area (Å²) in [7, 11) is 0. The highest BCUT2D eigenvalue weighted by molar-refractivity contribution is 7.19. The Morgan fingerprint density at radius 1 is 1.19 bits per heavy atom. The number of hydrogen-bond donors (Lipinski definition) is 2. The van der Waals surface area contributed by atoms with Gasteiger partial charge in [-0.25, -0.2) is 4.98 Å². The van der Waals surface area contributed by atoms with Crippen LogP contribution in [-0.4, -0.2) is 26.3 Å². The van der Waals surface area contributed by atoms with Gasteiger partial charge in [-0.2, -0.15) is 10.4 Å². The quantitative estimate of drug-likeness (QED) is 0.434. The number of rotatable bonds is 4. The Morgan fingerprint density at radius 2 is 2.16 bits per heavy atom. The highest BCUT2D eigenvalue weighted by Gasteiger charge is 2.21. The van der Waals surface area contributed by atoms with Crippen molar-refractivity contribution in [1.29, 1.82) is 5.26 Å². The van der Waals surface area contributed by atoms with E-state index in [1.54, 1.807) is 23.7 Å². The molecule has 0 atom stereocenters. The minimum absolute atomic E-state index is 0.558. The fourth-order valence-electron chi connectivity index (χ4n) is 4.29. The summed E-state index contributed by atoms with van der Waals surface area (Å²) < 4.78 is 1.95. The minimum atomic E-state index is 0.558. The van der Waals surface area contributed by atoms with Crippen molar-refractivity contribution in [3.63, 3.8) is 0 Å². The molecule has 0 fully saturated rings. The fraction of sp³-hybridized carbons (Fsp3) is 0.167. The second kappa shape index (κ2) is 7.71. The van der Waals surface area contributed by atoms with Crippen LogP contribution in [0.1, 0.15) is 21.7 Å². The second-order valence-electron chi connectivity index (χ2n) is 7.79. The molecule has 6 rings (SSSR count). The topological polar surface area (TPSA) is 91.5 Å². The molecule has 0 unspecified atom stereocenters. The summed E-state index contributed by atoms with van der Waals surface area (Å²) in [4.78, 5) is 11.2. The van der Waals surface area contributed by atoms with E-state index in [0.717, 1.165) is 57.7 Å². The number of aromatic nitrogens is 4. The van der Waals surface area contributed by atoms with E-state index >= 15 is 0 Å². The molecule has 5 heterocycles. The fourth-order valence-corrected chi connectivity index (χ4v) is 5.45. The molecule has 156 valence electrons. The third-order valence-electron chi connectivity index (χ3n) is 5.81. The van der Waals surface area contributed by atoms with Crippen LogP contribution >= 0.6 is 11.3 Å². The summed E-state index contributed by atoms with van der Waals surface area (Å²) in [5.74, 6) is 0. The summed E-state index contributed by atoms with van der Waals surface area (Å²) >= 11 is 1.71. The molecule has 0 saturated carbocycles. The van der Waals surface area contributed by atoms with Crippen LogP contribution in [0.2, 0.25) is 0 Å². The van der Waals surface area contributed by atoms with Gasteiger partial charge in [0.25, 0.3) is 0 Å². The van der Waals surface area contributed by atoms with Gasteiger partial charge >= 0.3 is 0 Å². The number of anilines is 2. The molecular weight excluding hydrogens is 418 g/mol. The van der Waals surface area contributed by atoms with Crippen LogP contribution in [0.4, 0.5) is 11.4 Å². The van der Waals surface area contributed by atoms with Crippen LogP contribution in [0.15, 0.2) is 55.0 Å². The SMILES string of the molecule is N#Cc1cnc2sc3c(c2c1Nc1ccc2c(cnn2Cc2ccccn2)c1)CCNC3. The molecule has 0 radical (unpaired) electrons. The van der Waals surface area contributed by atoms with Gasteiger partial charge in [0.05, 0.1) is 35.2 Å². The van der Waals surface area contributed by atoms with Crippen LogP contribution in [0.25, 0.3) is 21.1 Å². The lowest BCUT2D eigenvalue weighted by Crippen LogP contribution is -2.22. The molecule has 0 spiro atoms. The largest absolute Gasteiger partial charge is 0.354 e. The van der Waals surface area contributed by atoms with E-state index in [-0.39, 0.29) is 0 Å². The molecule has 4 aromatic heterocycles. The molecule has 32 heavy (non-hydrogen) atoms. The Hall–Kier alpha value is -3.80. The summed E-state index contributed by atoms with van der Waals surface area (Å²) in [5, 5.41) is 23.4. The minimum Gasteiger partial charge on any atom is -0.354 e. The Bertz CT molecular complexity index is 1490. The first-order valence-electron chi connectivity index (χ1n) is 10.5. The van der Waals surface area contributed by atoms with Gasteiger partial charge in [0.2, 0.25) is 0 Å². The molecule has 2 N–H and O–H groups in total. The Labute approximate surface area is 188 Å². The first-order chi connectivity index (χ1) is 15.8. The smallest absolute Gasteiger partial charge is 0.126 e. The van der Waals surface area contributed by atoms with E-state index in [2.05, 4.69) is 43.9 Å². The summed E-state index contributed by atoms with van der Waals surface area (Å²) in [6.07, 6.45) is 6.28. The molecule has 5 aromatic rings. The van der Waals surface area contributed by atoms with Crippen LogP contribution in [-0.2, 0) is 19.5 Å². The molecule has 0 aliphatic carbocycles. The molecular formula is C24H19N7S. The van der Waals surface area contributed by atoms with E-state index in [0.29, 0.717) is 12.1 Å². The number of hydrogen-bond acceptors (Lipinski definition) is 7. The maximum absolute atomic E-state index is 9.75. The average molecular weight is 438 g/mol.